The van der Waals surface area contributed by atoms with Crippen LogP contribution in [-0.4, -0.2) is 60.0 Å². The molecule has 42 heavy (non-hydrogen) atoms. The van der Waals surface area contributed by atoms with E-state index in [-0.39, 0.29) is 23.4 Å². The smallest absolute Gasteiger partial charge is 0.329 e. The second-order valence-corrected chi connectivity index (χ2v) is 12.1. The number of aryl methyl sites for hydroxylation is 1. The molecule has 0 bridgehead atoms. The lowest BCUT2D eigenvalue weighted by Gasteiger charge is -2.34. The average molecular weight is 612 g/mol. The van der Waals surface area contributed by atoms with Gasteiger partial charge < -0.3 is 29.8 Å². The van der Waals surface area contributed by atoms with Crippen molar-refractivity contribution in [2.24, 2.45) is 41.2 Å². The van der Waals surface area contributed by atoms with Crippen molar-refractivity contribution < 1.29 is 47.6 Å². The molecule has 0 aliphatic heterocycles. The highest BCUT2D eigenvalue weighted by atomic mass is 32.2. The molecule has 1 aromatic carbocycles. The molecule has 0 amide bonds. The fourth-order valence-corrected chi connectivity index (χ4v) is 7.15. The second kappa shape index (κ2) is 14.7. The van der Waals surface area contributed by atoms with Gasteiger partial charge in [-0.15, -0.1) is 11.8 Å². The van der Waals surface area contributed by atoms with E-state index in [0.29, 0.717) is 36.1 Å². The van der Waals surface area contributed by atoms with Gasteiger partial charge >= 0.3 is 23.9 Å². The van der Waals surface area contributed by atoms with Gasteiger partial charge in [0.05, 0.1) is 23.9 Å². The summed E-state index contributed by atoms with van der Waals surface area (Å²) in [5, 5.41) is 11.2. The standard InChI is InChI=1S/C30H42FNO9S/c1-6-17(7-2)26(34)38-14-40-28(36)23-22-24(23)30(32,29(37)41-15-39-27(35)18(8-3)9-4)20(25(22)33)13-42-19-10-11-21(31)16(5)12-19/h10-12,17-18,20,22-25,33H,6-9,13-15,32H2,1-5H3/t20-,22+,23+,24+,25-,30+/m1/s1. The van der Waals surface area contributed by atoms with Crippen molar-refractivity contribution in [1.82, 2.24) is 0 Å². The maximum absolute atomic E-state index is 13.7. The van der Waals surface area contributed by atoms with Gasteiger partial charge in [-0.2, -0.15) is 0 Å². The van der Waals surface area contributed by atoms with E-state index in [1.807, 2.05) is 27.7 Å². The minimum absolute atomic E-state index is 0.174. The number of thioether (sulfide) groups is 1. The molecule has 2 aliphatic rings. The molecule has 2 saturated carbocycles. The Bertz CT molecular complexity index is 1140. The second-order valence-electron chi connectivity index (χ2n) is 11.0. The molecule has 6 atom stereocenters. The first-order valence-corrected chi connectivity index (χ1v) is 15.5. The largest absolute Gasteiger partial charge is 0.428 e. The Kier molecular flexibility index (Phi) is 11.8. The van der Waals surface area contributed by atoms with Gasteiger partial charge in [0.1, 0.15) is 11.4 Å². The number of aliphatic hydroxyl groups is 1. The van der Waals surface area contributed by atoms with Crippen LogP contribution in [0.3, 0.4) is 0 Å². The van der Waals surface area contributed by atoms with Crippen molar-refractivity contribution >= 4 is 35.6 Å². The zero-order valence-electron chi connectivity index (χ0n) is 24.8. The van der Waals surface area contributed by atoms with Gasteiger partial charge in [-0.3, -0.25) is 14.4 Å². The molecular weight excluding hydrogens is 569 g/mol. The van der Waals surface area contributed by atoms with E-state index in [1.54, 1.807) is 19.1 Å². The van der Waals surface area contributed by atoms with Crippen molar-refractivity contribution in [1.29, 1.82) is 0 Å². The Morgan fingerprint density at radius 1 is 0.952 bits per heavy atom. The van der Waals surface area contributed by atoms with E-state index in [9.17, 15) is 28.7 Å². The molecule has 10 nitrogen and oxygen atoms in total. The molecule has 0 saturated heterocycles. The summed E-state index contributed by atoms with van der Waals surface area (Å²) in [4.78, 5) is 51.4. The highest BCUT2D eigenvalue weighted by Gasteiger charge is 2.78. The van der Waals surface area contributed by atoms with Gasteiger partial charge in [-0.05, 0) is 56.4 Å². The van der Waals surface area contributed by atoms with Gasteiger partial charge in [0.2, 0.25) is 13.6 Å². The van der Waals surface area contributed by atoms with Crippen LogP contribution >= 0.6 is 11.8 Å². The molecule has 3 rings (SSSR count). The molecule has 2 aliphatic carbocycles. The Balaban J connectivity index is 1.72. The molecule has 234 valence electrons. The van der Waals surface area contributed by atoms with Crippen LogP contribution in [-0.2, 0) is 38.1 Å². The Hall–Kier alpha value is -2.70. The van der Waals surface area contributed by atoms with Gasteiger partial charge in [0, 0.05) is 28.4 Å². The Labute approximate surface area is 250 Å². The van der Waals surface area contributed by atoms with Crippen molar-refractivity contribution in [2.75, 3.05) is 19.3 Å². The molecule has 0 unspecified atom stereocenters. The highest BCUT2D eigenvalue weighted by molar-refractivity contribution is 7.99. The normalized spacial score (nSPS) is 26.1. The highest BCUT2D eigenvalue weighted by Crippen LogP contribution is 2.64. The lowest BCUT2D eigenvalue weighted by atomic mass is 9.81. The van der Waals surface area contributed by atoms with Crippen LogP contribution in [0.25, 0.3) is 0 Å². The average Bonchev–Trinajstić information content (AvgIpc) is 3.67. The summed E-state index contributed by atoms with van der Waals surface area (Å²) in [7, 11) is 0. The fourth-order valence-electron chi connectivity index (χ4n) is 5.88. The van der Waals surface area contributed by atoms with Gasteiger partial charge in [-0.25, -0.2) is 9.18 Å². The maximum atomic E-state index is 13.7. The first kappa shape index (κ1) is 33.8. The predicted octanol–water partition coefficient (Wildman–Crippen LogP) is 3.74. The molecule has 0 spiro atoms. The van der Waals surface area contributed by atoms with Crippen LogP contribution in [0.1, 0.15) is 58.9 Å². The SMILES string of the molecule is CCC(CC)C(=O)OCOC(=O)[C@H]1[C@@H]2[C@H](O)[C@@H](CSc3ccc(F)c(C)c3)[C@@](N)(C(=O)OCOC(=O)C(CC)CC)[C@H]12. The monoisotopic (exact) mass is 611 g/mol. The number of carbonyl (C=O) groups excluding carboxylic acids is 4. The van der Waals surface area contributed by atoms with Crippen LogP contribution in [0.5, 0.6) is 0 Å². The first-order valence-electron chi connectivity index (χ1n) is 14.5. The first-order chi connectivity index (χ1) is 20.0. The molecule has 2 fully saturated rings. The van der Waals surface area contributed by atoms with Crippen LogP contribution in [0.4, 0.5) is 4.39 Å². The predicted molar refractivity (Wildman–Crippen MR) is 151 cm³/mol. The number of aliphatic hydroxyl groups excluding tert-OH is 1. The van der Waals surface area contributed by atoms with E-state index in [1.165, 1.54) is 17.8 Å². The number of carbonyl (C=O) groups is 4. The molecular formula is C30H42FNO9S. The van der Waals surface area contributed by atoms with E-state index in [4.69, 9.17) is 24.7 Å². The topological polar surface area (TPSA) is 151 Å². The van der Waals surface area contributed by atoms with Crippen molar-refractivity contribution in [3.8, 4) is 0 Å². The van der Waals surface area contributed by atoms with Crippen molar-refractivity contribution in [3.63, 3.8) is 0 Å². The van der Waals surface area contributed by atoms with Crippen LogP contribution in [0.2, 0.25) is 0 Å². The zero-order chi connectivity index (χ0) is 31.2. The lowest BCUT2D eigenvalue weighted by Crippen LogP contribution is -2.59. The molecule has 0 radical (unpaired) electrons. The van der Waals surface area contributed by atoms with Crippen LogP contribution in [0, 0.1) is 48.2 Å². The third-order valence-electron chi connectivity index (χ3n) is 8.66. The minimum atomic E-state index is -1.80. The Morgan fingerprint density at radius 3 is 2.02 bits per heavy atom. The van der Waals surface area contributed by atoms with E-state index < -0.39 is 72.8 Å². The number of halogens is 1. The molecule has 12 heteroatoms. The maximum Gasteiger partial charge on any atom is 0.329 e. The zero-order valence-corrected chi connectivity index (χ0v) is 25.6. The molecule has 1 aromatic rings. The van der Waals surface area contributed by atoms with Crippen LogP contribution in [0.15, 0.2) is 23.1 Å². The van der Waals surface area contributed by atoms with Gasteiger partial charge in [0.25, 0.3) is 0 Å². The summed E-state index contributed by atoms with van der Waals surface area (Å²) >= 11 is 1.29. The van der Waals surface area contributed by atoms with Gasteiger partial charge in [0.15, 0.2) is 0 Å². The summed E-state index contributed by atoms with van der Waals surface area (Å²) < 4.78 is 34.4. The number of nitrogens with two attached hydrogens (primary N) is 1. The van der Waals surface area contributed by atoms with Crippen molar-refractivity contribution in [2.45, 2.75) is 76.8 Å². The van der Waals surface area contributed by atoms with Crippen molar-refractivity contribution in [3.05, 3.63) is 29.6 Å². The third-order valence-corrected chi connectivity index (χ3v) is 9.78. The number of rotatable bonds is 15. The van der Waals surface area contributed by atoms with E-state index in [2.05, 4.69) is 0 Å². The summed E-state index contributed by atoms with van der Waals surface area (Å²) in [5.74, 6) is -6.69. The lowest BCUT2D eigenvalue weighted by molar-refractivity contribution is -0.176. The quantitative estimate of drug-likeness (QED) is 0.170. The summed E-state index contributed by atoms with van der Waals surface area (Å²) in [6.45, 7) is 7.79. The summed E-state index contributed by atoms with van der Waals surface area (Å²) in [5.41, 5.74) is 5.35. The number of fused-ring (bicyclic) bond motifs is 1. The number of ether oxygens (including phenoxy) is 4. The number of hydrogen-bond acceptors (Lipinski definition) is 11. The number of esters is 4. The van der Waals surface area contributed by atoms with E-state index >= 15 is 0 Å². The minimum Gasteiger partial charge on any atom is -0.428 e. The Morgan fingerprint density at radius 2 is 1.50 bits per heavy atom. The van der Waals surface area contributed by atoms with E-state index in [0.717, 1.165) is 0 Å². The molecule has 3 N–H and O–H groups in total. The molecule has 0 aromatic heterocycles. The summed E-state index contributed by atoms with van der Waals surface area (Å²) in [6.07, 6.45) is 1.16. The molecule has 0 heterocycles. The summed E-state index contributed by atoms with van der Waals surface area (Å²) in [6, 6.07) is 4.57. The number of benzene rings is 1. The van der Waals surface area contributed by atoms with Gasteiger partial charge in [-0.1, -0.05) is 27.7 Å². The number of hydrogen-bond donors (Lipinski definition) is 2. The van der Waals surface area contributed by atoms with Crippen LogP contribution < -0.4 is 5.73 Å². The third kappa shape index (κ3) is 7.08. The fraction of sp³-hybridized carbons (Fsp3) is 0.667.